The van der Waals surface area contributed by atoms with Crippen molar-refractivity contribution in [3.05, 3.63) is 71.3 Å². The van der Waals surface area contributed by atoms with Crippen molar-refractivity contribution in [2.75, 3.05) is 13.2 Å². The Bertz CT molecular complexity index is 744. The lowest BCUT2D eigenvalue weighted by atomic mass is 9.95. The maximum absolute atomic E-state index is 12.7. The Morgan fingerprint density at radius 3 is 2.45 bits per heavy atom. The number of sulfonamides is 1. The van der Waals surface area contributed by atoms with E-state index in [0.717, 1.165) is 16.7 Å². The highest BCUT2D eigenvalue weighted by atomic mass is 32.2. The molecule has 2 aromatic carbocycles. The molecule has 0 aliphatic carbocycles. The molecule has 1 aliphatic heterocycles. The molecule has 0 fully saturated rings. The summed E-state index contributed by atoms with van der Waals surface area (Å²) in [5.41, 5.74) is 2.79. The van der Waals surface area contributed by atoms with Gasteiger partial charge in [0.05, 0.1) is 18.4 Å². The largest absolute Gasteiger partial charge is 0.394 e. The Morgan fingerprint density at radius 2 is 1.73 bits per heavy atom. The van der Waals surface area contributed by atoms with E-state index in [1.165, 1.54) is 4.31 Å². The van der Waals surface area contributed by atoms with Crippen LogP contribution in [0, 0.1) is 0 Å². The molecule has 0 bridgehead atoms. The van der Waals surface area contributed by atoms with E-state index in [2.05, 4.69) is 0 Å². The molecule has 0 saturated heterocycles. The molecule has 0 spiro atoms. The van der Waals surface area contributed by atoms with E-state index in [-0.39, 0.29) is 12.4 Å². The zero-order valence-corrected chi connectivity index (χ0v) is 13.0. The van der Waals surface area contributed by atoms with Crippen molar-refractivity contribution in [3.8, 4) is 0 Å². The fourth-order valence-electron chi connectivity index (χ4n) is 3.02. The molecule has 4 nitrogen and oxygen atoms in total. The van der Waals surface area contributed by atoms with Crippen LogP contribution in [0.2, 0.25) is 0 Å². The van der Waals surface area contributed by atoms with Gasteiger partial charge in [-0.15, -0.1) is 0 Å². The highest BCUT2D eigenvalue weighted by Crippen LogP contribution is 2.32. The summed E-state index contributed by atoms with van der Waals surface area (Å²) in [6.45, 7) is 0.211. The van der Waals surface area contributed by atoms with Gasteiger partial charge in [-0.25, -0.2) is 8.42 Å². The molecule has 22 heavy (non-hydrogen) atoms. The van der Waals surface area contributed by atoms with Crippen LogP contribution in [-0.4, -0.2) is 31.0 Å². The molecular formula is C17H19NO3S. The molecule has 0 saturated carbocycles. The maximum atomic E-state index is 12.7. The van der Waals surface area contributed by atoms with Gasteiger partial charge in [0.25, 0.3) is 0 Å². The number of benzene rings is 2. The topological polar surface area (TPSA) is 57.6 Å². The van der Waals surface area contributed by atoms with Crippen LogP contribution in [-0.2, 0) is 22.2 Å². The molecule has 2 aromatic rings. The Balaban J connectivity index is 1.91. The predicted octanol–water partition coefficient (Wildman–Crippen LogP) is 2.11. The minimum atomic E-state index is -3.47. The summed E-state index contributed by atoms with van der Waals surface area (Å²) in [7, 11) is -3.47. The van der Waals surface area contributed by atoms with Crippen molar-refractivity contribution in [2.45, 2.75) is 18.2 Å². The van der Waals surface area contributed by atoms with Crippen LogP contribution in [0.1, 0.15) is 22.7 Å². The van der Waals surface area contributed by atoms with Gasteiger partial charge in [0.2, 0.25) is 10.0 Å². The third-order valence-electron chi connectivity index (χ3n) is 4.09. The van der Waals surface area contributed by atoms with Gasteiger partial charge in [-0.2, -0.15) is 4.31 Å². The Labute approximate surface area is 131 Å². The van der Waals surface area contributed by atoms with Crippen molar-refractivity contribution < 1.29 is 13.5 Å². The fourth-order valence-corrected chi connectivity index (χ4v) is 4.74. The quantitative estimate of drug-likeness (QED) is 0.939. The third-order valence-corrected chi connectivity index (χ3v) is 5.94. The lowest BCUT2D eigenvalue weighted by Crippen LogP contribution is -2.42. The highest BCUT2D eigenvalue weighted by molar-refractivity contribution is 7.88. The Morgan fingerprint density at radius 1 is 1.05 bits per heavy atom. The van der Waals surface area contributed by atoms with Gasteiger partial charge < -0.3 is 5.11 Å². The Hall–Kier alpha value is -1.69. The van der Waals surface area contributed by atoms with E-state index < -0.39 is 16.1 Å². The molecule has 1 aliphatic rings. The molecule has 1 atom stereocenters. The first-order valence-electron chi connectivity index (χ1n) is 7.34. The summed E-state index contributed by atoms with van der Waals surface area (Å²) in [5.74, 6) is -0.0352. The monoisotopic (exact) mass is 317 g/mol. The van der Waals surface area contributed by atoms with Crippen LogP contribution >= 0.6 is 0 Å². The van der Waals surface area contributed by atoms with Gasteiger partial charge in [-0.05, 0) is 23.1 Å². The predicted molar refractivity (Wildman–Crippen MR) is 85.7 cm³/mol. The van der Waals surface area contributed by atoms with E-state index in [1.54, 1.807) is 0 Å². The molecule has 3 rings (SSSR count). The first-order valence-corrected chi connectivity index (χ1v) is 8.95. The SMILES string of the molecule is O=S(=O)(Cc1ccccc1)N1CCc2ccccc2C1CO. The van der Waals surface area contributed by atoms with Gasteiger partial charge in [-0.1, -0.05) is 54.6 Å². The van der Waals surface area contributed by atoms with Crippen molar-refractivity contribution in [1.29, 1.82) is 0 Å². The van der Waals surface area contributed by atoms with E-state index in [9.17, 15) is 13.5 Å². The first kappa shape index (κ1) is 15.2. The van der Waals surface area contributed by atoms with Crippen LogP contribution in [0.3, 0.4) is 0 Å². The number of hydrogen-bond acceptors (Lipinski definition) is 3. The van der Waals surface area contributed by atoms with Crippen molar-refractivity contribution in [2.24, 2.45) is 0 Å². The molecule has 1 unspecified atom stereocenters. The zero-order chi connectivity index (χ0) is 15.6. The summed E-state index contributed by atoms with van der Waals surface area (Å²) in [6.07, 6.45) is 0.681. The van der Waals surface area contributed by atoms with E-state index in [1.807, 2.05) is 54.6 Å². The fraction of sp³-hybridized carbons (Fsp3) is 0.294. The van der Waals surface area contributed by atoms with Crippen LogP contribution in [0.4, 0.5) is 0 Å². The van der Waals surface area contributed by atoms with E-state index in [0.29, 0.717) is 13.0 Å². The second kappa shape index (κ2) is 6.20. The number of nitrogens with zero attached hydrogens (tertiary/aromatic N) is 1. The maximum Gasteiger partial charge on any atom is 0.218 e. The standard InChI is InChI=1S/C17H19NO3S/c19-12-17-16-9-5-4-8-15(16)10-11-18(17)22(20,21)13-14-6-2-1-3-7-14/h1-9,17,19H,10-13H2. The number of rotatable bonds is 4. The first-order chi connectivity index (χ1) is 10.6. The lowest BCUT2D eigenvalue weighted by molar-refractivity contribution is 0.180. The molecule has 0 aromatic heterocycles. The summed E-state index contributed by atoms with van der Waals surface area (Å²) in [5, 5.41) is 9.73. The van der Waals surface area contributed by atoms with Gasteiger partial charge in [0.1, 0.15) is 0 Å². The molecule has 1 N–H and O–H groups in total. The van der Waals surface area contributed by atoms with Crippen LogP contribution in [0.25, 0.3) is 0 Å². The average Bonchev–Trinajstić information content (AvgIpc) is 2.54. The smallest absolute Gasteiger partial charge is 0.218 e. The van der Waals surface area contributed by atoms with Gasteiger partial charge in [0, 0.05) is 6.54 Å². The summed E-state index contributed by atoms with van der Waals surface area (Å²) in [6, 6.07) is 16.4. The van der Waals surface area contributed by atoms with Gasteiger partial charge >= 0.3 is 0 Å². The minimum absolute atomic E-state index is 0.0352. The van der Waals surface area contributed by atoms with E-state index in [4.69, 9.17) is 0 Å². The molecule has 0 amide bonds. The number of aliphatic hydroxyl groups is 1. The molecular weight excluding hydrogens is 298 g/mol. The lowest BCUT2D eigenvalue weighted by Gasteiger charge is -2.35. The number of hydrogen-bond donors (Lipinski definition) is 1. The summed E-state index contributed by atoms with van der Waals surface area (Å²) in [4.78, 5) is 0. The van der Waals surface area contributed by atoms with Gasteiger partial charge in [0.15, 0.2) is 0 Å². The average molecular weight is 317 g/mol. The van der Waals surface area contributed by atoms with Crippen molar-refractivity contribution in [1.82, 2.24) is 4.31 Å². The second-order valence-corrected chi connectivity index (χ2v) is 7.42. The second-order valence-electron chi connectivity index (χ2n) is 5.50. The summed E-state index contributed by atoms with van der Waals surface area (Å²) < 4.78 is 26.9. The molecule has 0 radical (unpaired) electrons. The van der Waals surface area contributed by atoms with Crippen LogP contribution < -0.4 is 0 Å². The number of aliphatic hydroxyl groups excluding tert-OH is 1. The minimum Gasteiger partial charge on any atom is -0.394 e. The molecule has 116 valence electrons. The van der Waals surface area contributed by atoms with Crippen molar-refractivity contribution in [3.63, 3.8) is 0 Å². The van der Waals surface area contributed by atoms with Crippen LogP contribution in [0.5, 0.6) is 0 Å². The van der Waals surface area contributed by atoms with Crippen LogP contribution in [0.15, 0.2) is 54.6 Å². The third kappa shape index (κ3) is 2.92. The normalized spacial score (nSPS) is 18.9. The Kier molecular flexibility index (Phi) is 4.29. The summed E-state index contributed by atoms with van der Waals surface area (Å²) >= 11 is 0. The molecule has 1 heterocycles. The van der Waals surface area contributed by atoms with Gasteiger partial charge in [-0.3, -0.25) is 0 Å². The van der Waals surface area contributed by atoms with E-state index >= 15 is 0 Å². The molecule has 5 heteroatoms. The highest BCUT2D eigenvalue weighted by Gasteiger charge is 2.34. The number of fused-ring (bicyclic) bond motifs is 1. The van der Waals surface area contributed by atoms with Crippen molar-refractivity contribution >= 4 is 10.0 Å². The zero-order valence-electron chi connectivity index (χ0n) is 12.2.